The molecule has 0 N–H and O–H groups in total. The number of para-hydroxylation sites is 1. The van der Waals surface area contributed by atoms with Crippen LogP contribution in [0, 0.1) is 11.7 Å². The first-order chi connectivity index (χ1) is 12.8. The van der Waals surface area contributed by atoms with Crippen LogP contribution in [0.25, 0.3) is 10.9 Å². The molecule has 3 nitrogen and oxygen atoms in total. The highest BCUT2D eigenvalue weighted by atomic mass is 19.1. The molecule has 4 heteroatoms. The number of rotatable bonds is 4. The van der Waals surface area contributed by atoms with Crippen LogP contribution < -0.4 is 0 Å². The highest BCUT2D eigenvalue weighted by molar-refractivity contribution is 5.82. The van der Waals surface area contributed by atoms with Crippen LogP contribution in [0.1, 0.15) is 43.7 Å². The molecule has 0 saturated heterocycles. The Morgan fingerprint density at radius 2 is 1.69 bits per heavy atom. The third-order valence-corrected chi connectivity index (χ3v) is 5.24. The van der Waals surface area contributed by atoms with Crippen LogP contribution in [0.3, 0.4) is 0 Å². The number of benzene rings is 2. The summed E-state index contributed by atoms with van der Waals surface area (Å²) in [4.78, 5) is 4.47. The highest BCUT2D eigenvalue weighted by Gasteiger charge is 2.26. The molecular weight excluding hydrogens is 325 g/mol. The first-order valence-electron chi connectivity index (χ1n) is 9.32. The number of azo groups is 1. The van der Waals surface area contributed by atoms with Gasteiger partial charge in [0, 0.05) is 11.6 Å². The van der Waals surface area contributed by atoms with Gasteiger partial charge in [-0.3, -0.25) is 4.98 Å². The Morgan fingerprint density at radius 3 is 2.54 bits per heavy atom. The van der Waals surface area contributed by atoms with Crippen molar-refractivity contribution in [3.05, 3.63) is 72.2 Å². The van der Waals surface area contributed by atoms with Crippen molar-refractivity contribution in [2.24, 2.45) is 16.1 Å². The standard InChI is InChI=1S/C22H22FN3/c23-19-11-5-7-13-21(19)25-26-22(16-8-2-1-3-9-16)18-14-15-24-20-12-6-4-10-17(18)20/h4-7,10-16,22H,1-3,8-9H2. The molecule has 132 valence electrons. The van der Waals surface area contributed by atoms with E-state index in [1.807, 2.05) is 30.5 Å². The number of hydrogen-bond donors (Lipinski definition) is 0. The second-order valence-corrected chi connectivity index (χ2v) is 6.93. The molecule has 4 rings (SSSR count). The summed E-state index contributed by atoms with van der Waals surface area (Å²) >= 11 is 0. The molecule has 26 heavy (non-hydrogen) atoms. The van der Waals surface area contributed by atoms with Crippen LogP contribution in [0.4, 0.5) is 10.1 Å². The first kappa shape index (κ1) is 16.8. The van der Waals surface area contributed by atoms with Crippen LogP contribution >= 0.6 is 0 Å². The molecule has 2 aromatic carbocycles. The molecule has 0 spiro atoms. The molecule has 0 radical (unpaired) electrons. The lowest BCUT2D eigenvalue weighted by Crippen LogP contribution is -2.15. The minimum Gasteiger partial charge on any atom is -0.256 e. The van der Waals surface area contributed by atoms with Gasteiger partial charge in [0.05, 0.1) is 11.6 Å². The van der Waals surface area contributed by atoms with E-state index in [4.69, 9.17) is 0 Å². The van der Waals surface area contributed by atoms with Crippen molar-refractivity contribution < 1.29 is 4.39 Å². The molecule has 1 unspecified atom stereocenters. The zero-order chi connectivity index (χ0) is 17.8. The second-order valence-electron chi connectivity index (χ2n) is 6.93. The Hall–Kier alpha value is -2.62. The fourth-order valence-corrected chi connectivity index (χ4v) is 3.89. The monoisotopic (exact) mass is 347 g/mol. The zero-order valence-corrected chi connectivity index (χ0v) is 14.7. The number of fused-ring (bicyclic) bond motifs is 1. The van der Waals surface area contributed by atoms with Gasteiger partial charge in [-0.1, -0.05) is 49.6 Å². The maximum Gasteiger partial charge on any atom is 0.150 e. The minimum atomic E-state index is -0.335. The molecule has 0 amide bonds. The van der Waals surface area contributed by atoms with Crippen molar-refractivity contribution in [2.75, 3.05) is 0 Å². The van der Waals surface area contributed by atoms with E-state index in [0.29, 0.717) is 11.6 Å². The number of aromatic nitrogens is 1. The largest absolute Gasteiger partial charge is 0.256 e. The first-order valence-corrected chi connectivity index (χ1v) is 9.32. The molecular formula is C22H22FN3. The highest BCUT2D eigenvalue weighted by Crippen LogP contribution is 2.40. The zero-order valence-electron chi connectivity index (χ0n) is 14.7. The van der Waals surface area contributed by atoms with Crippen LogP contribution in [0.2, 0.25) is 0 Å². The van der Waals surface area contributed by atoms with Gasteiger partial charge in [0.2, 0.25) is 0 Å². The van der Waals surface area contributed by atoms with Crippen molar-refractivity contribution in [3.63, 3.8) is 0 Å². The lowest BCUT2D eigenvalue weighted by molar-refractivity contribution is 0.305. The summed E-state index contributed by atoms with van der Waals surface area (Å²) in [5.74, 6) is 0.100. The molecule has 0 bridgehead atoms. The Bertz CT molecular complexity index is 911. The SMILES string of the molecule is Fc1ccccc1N=NC(c1ccnc2ccccc12)C1CCCCC1. The Morgan fingerprint density at radius 1 is 0.923 bits per heavy atom. The van der Waals surface area contributed by atoms with E-state index in [1.54, 1.807) is 18.2 Å². The van der Waals surface area contributed by atoms with Gasteiger partial charge in [0.25, 0.3) is 0 Å². The molecule has 1 fully saturated rings. The summed E-state index contributed by atoms with van der Waals surface area (Å²) in [6.45, 7) is 0. The van der Waals surface area contributed by atoms with E-state index in [0.717, 1.165) is 29.3 Å². The molecule has 1 aromatic heterocycles. The van der Waals surface area contributed by atoms with E-state index in [2.05, 4.69) is 21.3 Å². The average molecular weight is 347 g/mol. The van der Waals surface area contributed by atoms with Crippen LogP contribution in [-0.4, -0.2) is 4.98 Å². The summed E-state index contributed by atoms with van der Waals surface area (Å²) in [7, 11) is 0. The number of hydrogen-bond acceptors (Lipinski definition) is 3. The Labute approximate surface area is 153 Å². The van der Waals surface area contributed by atoms with Crippen LogP contribution in [-0.2, 0) is 0 Å². The topological polar surface area (TPSA) is 37.6 Å². The third kappa shape index (κ3) is 3.50. The molecule has 1 heterocycles. The maximum absolute atomic E-state index is 14.0. The van der Waals surface area contributed by atoms with Crippen LogP contribution in [0.15, 0.2) is 71.0 Å². The minimum absolute atomic E-state index is 0.0668. The van der Waals surface area contributed by atoms with E-state index >= 15 is 0 Å². The van der Waals surface area contributed by atoms with E-state index in [-0.39, 0.29) is 11.9 Å². The summed E-state index contributed by atoms with van der Waals surface area (Å²) in [6, 6.07) is 16.7. The average Bonchev–Trinajstić information content (AvgIpc) is 2.70. The van der Waals surface area contributed by atoms with Gasteiger partial charge in [-0.25, -0.2) is 4.39 Å². The van der Waals surface area contributed by atoms with Gasteiger partial charge in [0.1, 0.15) is 5.69 Å². The molecule has 0 aliphatic heterocycles. The molecule has 1 aliphatic carbocycles. The van der Waals surface area contributed by atoms with Gasteiger partial charge >= 0.3 is 0 Å². The fraction of sp³-hybridized carbons (Fsp3) is 0.318. The summed E-state index contributed by atoms with van der Waals surface area (Å²) in [5.41, 5.74) is 2.40. The molecule has 1 atom stereocenters. The van der Waals surface area contributed by atoms with Gasteiger partial charge in [-0.15, -0.1) is 0 Å². The van der Waals surface area contributed by atoms with Gasteiger partial charge < -0.3 is 0 Å². The number of nitrogens with zero attached hydrogens (tertiary/aromatic N) is 3. The third-order valence-electron chi connectivity index (χ3n) is 5.24. The van der Waals surface area contributed by atoms with Gasteiger partial charge in [-0.05, 0) is 48.6 Å². The number of halogens is 1. The van der Waals surface area contributed by atoms with Gasteiger partial charge in [-0.2, -0.15) is 10.2 Å². The predicted molar refractivity (Wildman–Crippen MR) is 102 cm³/mol. The van der Waals surface area contributed by atoms with Gasteiger partial charge in [0.15, 0.2) is 5.82 Å². The van der Waals surface area contributed by atoms with Crippen LogP contribution in [0.5, 0.6) is 0 Å². The molecule has 1 saturated carbocycles. The lowest BCUT2D eigenvalue weighted by Gasteiger charge is -2.27. The molecule has 1 aliphatic rings. The normalized spacial score (nSPS) is 17.0. The van der Waals surface area contributed by atoms with E-state index < -0.39 is 0 Å². The summed E-state index contributed by atoms with van der Waals surface area (Å²) in [6.07, 6.45) is 7.84. The Balaban J connectivity index is 1.76. The fourth-order valence-electron chi connectivity index (χ4n) is 3.89. The van der Waals surface area contributed by atoms with Crippen molar-refractivity contribution in [1.82, 2.24) is 4.98 Å². The van der Waals surface area contributed by atoms with Crippen molar-refractivity contribution in [2.45, 2.75) is 38.1 Å². The van der Waals surface area contributed by atoms with Crippen molar-refractivity contribution in [1.29, 1.82) is 0 Å². The summed E-state index contributed by atoms with van der Waals surface area (Å²) in [5, 5.41) is 10.1. The smallest absolute Gasteiger partial charge is 0.150 e. The maximum atomic E-state index is 14.0. The van der Waals surface area contributed by atoms with E-state index in [1.165, 1.54) is 25.3 Å². The molecule has 3 aromatic rings. The second kappa shape index (κ2) is 7.73. The predicted octanol–water partition coefficient (Wildman–Crippen LogP) is 6.78. The van der Waals surface area contributed by atoms with E-state index in [9.17, 15) is 4.39 Å². The Kier molecular flexibility index (Phi) is 5.00. The number of pyridine rings is 1. The van der Waals surface area contributed by atoms with Crippen molar-refractivity contribution in [3.8, 4) is 0 Å². The van der Waals surface area contributed by atoms with Crippen molar-refractivity contribution >= 4 is 16.6 Å². The lowest BCUT2D eigenvalue weighted by atomic mass is 9.81. The summed E-state index contributed by atoms with van der Waals surface area (Å²) < 4.78 is 14.0. The quantitative estimate of drug-likeness (QED) is 0.479.